The van der Waals surface area contributed by atoms with Crippen LogP contribution in [0.25, 0.3) is 0 Å². The van der Waals surface area contributed by atoms with Gasteiger partial charge in [-0.15, -0.1) is 0 Å². The third kappa shape index (κ3) is 28.4. The monoisotopic (exact) mass is 1040 g/mol. The van der Waals surface area contributed by atoms with Gasteiger partial charge in [0.1, 0.15) is 6.10 Å². The molecule has 78 heavy (non-hydrogen) atoms. The first kappa shape index (κ1) is 68.6. The third-order valence-electron chi connectivity index (χ3n) is 11.5. The zero-order valence-electron chi connectivity index (χ0n) is 44.5. The van der Waals surface area contributed by atoms with Crippen molar-refractivity contribution in [2.24, 2.45) is 0 Å². The molecule has 2 atom stereocenters. The summed E-state index contributed by atoms with van der Waals surface area (Å²) in [7, 11) is 39.5. The van der Waals surface area contributed by atoms with Crippen LogP contribution in [0.15, 0.2) is 107 Å². The number of carbonyl (C=O) groups excluding carboxylic acids is 3. The van der Waals surface area contributed by atoms with E-state index in [-0.39, 0.29) is 18.2 Å². The van der Waals surface area contributed by atoms with Crippen LogP contribution in [0.3, 0.4) is 0 Å². The Balaban J connectivity index is 0.000000353. The van der Waals surface area contributed by atoms with E-state index in [1.165, 1.54) is 20.1 Å². The van der Waals surface area contributed by atoms with Gasteiger partial charge in [-0.3, -0.25) is 9.59 Å². The van der Waals surface area contributed by atoms with Crippen LogP contribution >= 0.6 is 0 Å². The average Bonchev–Trinajstić information content (AvgIpc) is 4.08. The summed E-state index contributed by atoms with van der Waals surface area (Å²) in [4.78, 5) is 48.9. The Labute approximate surface area is 472 Å². The molecule has 0 aromatic rings. The van der Waals surface area contributed by atoms with E-state index in [1.54, 1.807) is 28.9 Å². The second-order valence-corrected chi connectivity index (χ2v) is 17.5. The molecule has 0 aromatic heterocycles. The van der Waals surface area contributed by atoms with Gasteiger partial charge in [0.2, 0.25) is 0 Å². The van der Waals surface area contributed by atoms with Crippen molar-refractivity contribution < 1.29 is 62.5 Å². The number of nitrogens with zero attached hydrogens (tertiary/aromatic N) is 2. The number of carbonyl (C=O) groups is 4. The summed E-state index contributed by atoms with van der Waals surface area (Å²) in [5.41, 5.74) is 21.4. The van der Waals surface area contributed by atoms with Gasteiger partial charge in [-0.1, -0.05) is 41.7 Å². The fourth-order valence-corrected chi connectivity index (χ4v) is 7.75. The molecule has 2 aliphatic carbocycles. The summed E-state index contributed by atoms with van der Waals surface area (Å²) in [5, 5.41) is 17.4. The van der Waals surface area contributed by atoms with Gasteiger partial charge in [-0.25, -0.2) is 9.59 Å². The Morgan fingerprint density at radius 2 is 1.08 bits per heavy atom. The molecule has 28 heteroatoms. The molecule has 15 nitrogen and oxygen atoms in total. The molecule has 4 aliphatic heterocycles. The number of aliphatic hydroxyl groups is 1. The predicted octanol–water partition coefficient (Wildman–Crippen LogP) is -1.01. The number of rotatable bonds is 10. The Kier molecular flexibility index (Phi) is 34.3. The highest BCUT2D eigenvalue weighted by molar-refractivity contribution is 8.07. The minimum absolute atomic E-state index is 0.232. The normalized spacial score (nSPS) is 17.7. The van der Waals surface area contributed by atoms with E-state index in [0.29, 0.717) is 91.9 Å². The van der Waals surface area contributed by atoms with Crippen LogP contribution in [-0.2, 0) is 52.3 Å². The number of amides is 2. The number of esters is 1. The van der Waals surface area contributed by atoms with E-state index in [1.807, 2.05) is 6.08 Å². The van der Waals surface area contributed by atoms with Crippen LogP contribution in [0, 0.1) is 23.7 Å². The first-order valence-electron chi connectivity index (χ1n) is 25.1. The van der Waals surface area contributed by atoms with Gasteiger partial charge >= 0.3 is 11.9 Å². The van der Waals surface area contributed by atoms with Crippen LogP contribution in [-0.4, -0.2) is 240 Å². The van der Waals surface area contributed by atoms with E-state index in [9.17, 15) is 19.2 Å². The number of allylic oxidation sites excluding steroid dienone is 4. The first-order valence-corrected chi connectivity index (χ1v) is 25.1. The predicted molar refractivity (Wildman–Crippen MR) is 311 cm³/mol. The molecule has 6 rings (SSSR count). The third-order valence-corrected chi connectivity index (χ3v) is 11.5. The first-order chi connectivity index (χ1) is 37.3. The molecule has 4 heterocycles. The molecule has 4 saturated heterocycles. The Bertz CT molecular complexity index is 2490. The summed E-state index contributed by atoms with van der Waals surface area (Å²) >= 11 is 0. The van der Waals surface area contributed by atoms with Crippen molar-refractivity contribution in [2.45, 2.75) is 76.2 Å². The number of hydrogen-bond acceptors (Lipinski definition) is 12. The van der Waals surface area contributed by atoms with Gasteiger partial charge < -0.3 is 53.2 Å². The van der Waals surface area contributed by atoms with Gasteiger partial charge in [0.25, 0.3) is 11.8 Å². The number of carboxylic acid groups (broad SMARTS) is 1. The fraction of sp³-hybridized carbons (Fsp3) is 0.480. The zero-order valence-corrected chi connectivity index (χ0v) is 44.5. The van der Waals surface area contributed by atoms with Crippen molar-refractivity contribution in [1.29, 1.82) is 0 Å². The minimum atomic E-state index is -0.927. The Hall–Kier alpha value is -5.50. The fourth-order valence-electron chi connectivity index (χ4n) is 7.75. The SMILES string of the molecule is C=C=C=C=C=C=C=C=C=C.C[C@@H](O)C#CC(=O)N1CCOCC1.C[C@H](C#CC(=O)N1CCOCC1)OC(=O)/C=C/C1=CCCC2(C1)OCCO2.O=C(O)/C=C/C1=CCCC2(C1)OCCO2.[B][B]B(B([B])[B])B(B([B])[B])B([B])[B]. The largest absolute Gasteiger partial charge is 0.478 e. The lowest BCUT2D eigenvalue weighted by molar-refractivity contribution is -0.162. The van der Waals surface area contributed by atoms with Crippen molar-refractivity contribution >= 4 is 117 Å². The van der Waals surface area contributed by atoms with Crippen molar-refractivity contribution in [1.82, 2.24) is 9.80 Å². The highest BCUT2D eigenvalue weighted by atomic mass is 16.7. The quantitative estimate of drug-likeness (QED) is 0.0896. The maximum atomic E-state index is 12.0. The molecule has 0 unspecified atom stereocenters. The molecular weight excluding hydrogens is 977 g/mol. The van der Waals surface area contributed by atoms with Crippen molar-refractivity contribution in [3.63, 3.8) is 0 Å². The van der Waals surface area contributed by atoms with E-state index >= 15 is 0 Å². The summed E-state index contributed by atoms with van der Waals surface area (Å²) in [6, 6.07) is 0. The van der Waals surface area contributed by atoms with Gasteiger partial charge in [0, 0.05) is 157 Å². The summed E-state index contributed by atoms with van der Waals surface area (Å²) in [6.07, 6.45) is 10.4. The number of aliphatic hydroxyl groups excluding tert-OH is 1. The summed E-state index contributed by atoms with van der Waals surface area (Å²) < 4.78 is 38.1. The molecule has 6 aliphatic rings. The van der Waals surface area contributed by atoms with Gasteiger partial charge in [0.15, 0.2) is 17.7 Å². The molecular formula is C50H56B13N2O13. The highest BCUT2D eigenvalue weighted by Gasteiger charge is 2.39. The van der Waals surface area contributed by atoms with Crippen LogP contribution in [0.5, 0.6) is 0 Å². The lowest BCUT2D eigenvalue weighted by atomic mass is 8.50. The van der Waals surface area contributed by atoms with E-state index in [2.05, 4.69) is 88.8 Å². The number of carboxylic acids is 1. The lowest BCUT2D eigenvalue weighted by Crippen LogP contribution is -2.69. The van der Waals surface area contributed by atoms with E-state index < -0.39 is 61.3 Å². The van der Waals surface area contributed by atoms with E-state index in [0.717, 1.165) is 42.9 Å². The maximum Gasteiger partial charge on any atom is 0.331 e. The topological polar surface area (TPSA) is 180 Å². The number of morpholine rings is 2. The standard InChI is InChI=1S/C20H25NO6.C11H14O4.C10H4.C9H13NO3.B13/c1-16(4-6-18(22)21-9-11-24-12-10-21)27-19(23)7-5-17-3-2-8-20(15-17)25-13-14-26-20;12-10(13)4-3-9-2-1-5-11(8-9)14-6-7-15-11;1-3-5-7-9-10-8-6-4-2;1-8(11)2-3-9(12)10-4-6-13-7-5-10;1-8-12(9(2)3)13(10(4)5)11(6)7/h3,5,7,16H,2,8-15H2,1H3;2-4H,1,5-8H2,(H,12,13);1-2H2;8,11H,4-7H2,1H3;/b7-5+;4-3+;;;/t16-;;;8-;/m1..1./s1. The maximum absolute atomic E-state index is 12.0. The van der Waals surface area contributed by atoms with Crippen LogP contribution in [0.2, 0.25) is 0 Å². The van der Waals surface area contributed by atoms with Gasteiger partial charge in [-0.2, -0.15) is 0 Å². The highest BCUT2D eigenvalue weighted by Crippen LogP contribution is 2.37. The van der Waals surface area contributed by atoms with Gasteiger partial charge in [-0.05, 0) is 103 Å². The molecule has 2 spiro atoms. The summed E-state index contributed by atoms with van der Waals surface area (Å²) in [6.45, 7) is 16.6. The number of aliphatic carboxylic acids is 1. The smallest absolute Gasteiger partial charge is 0.331 e. The van der Waals surface area contributed by atoms with Gasteiger partial charge in [0.05, 0.1) is 52.9 Å². The molecule has 383 valence electrons. The molecule has 2 amide bonds. The molecule has 0 aromatic carbocycles. The Morgan fingerprint density at radius 1 is 0.667 bits per heavy atom. The number of ether oxygens (including phenoxy) is 7. The van der Waals surface area contributed by atoms with Crippen LogP contribution in [0.1, 0.15) is 52.4 Å². The second kappa shape index (κ2) is 39.0. The second-order valence-electron chi connectivity index (χ2n) is 17.5. The van der Waals surface area contributed by atoms with Crippen molar-refractivity contribution in [2.75, 3.05) is 79.0 Å². The van der Waals surface area contributed by atoms with E-state index in [4.69, 9.17) is 97.5 Å². The molecule has 2 N–H and O–H groups in total. The molecule has 15 radical (unpaired) electrons. The Morgan fingerprint density at radius 3 is 1.44 bits per heavy atom. The zero-order chi connectivity index (χ0) is 57.8. The van der Waals surface area contributed by atoms with Crippen LogP contribution in [0.4, 0.5) is 0 Å². The molecule has 0 bridgehead atoms. The minimum Gasteiger partial charge on any atom is -0.478 e. The molecule has 4 fully saturated rings. The van der Waals surface area contributed by atoms with Crippen LogP contribution < -0.4 is 0 Å². The number of hydrogen-bond donors (Lipinski definition) is 2. The summed E-state index contributed by atoms with van der Waals surface area (Å²) in [5.74, 6) is 7.07. The van der Waals surface area contributed by atoms with Crippen molar-refractivity contribution in [3.05, 3.63) is 107 Å². The lowest BCUT2D eigenvalue weighted by Gasteiger charge is -2.31. The van der Waals surface area contributed by atoms with Crippen molar-refractivity contribution in [3.8, 4) is 23.7 Å². The average molecular weight is 1030 g/mol. The molecule has 0 saturated carbocycles.